The van der Waals surface area contributed by atoms with Crippen molar-refractivity contribution in [3.05, 3.63) is 82.2 Å². The number of aliphatic imine (C=N–C) groups is 1. The summed E-state index contributed by atoms with van der Waals surface area (Å²) in [5.74, 6) is 1.03. The van der Waals surface area contributed by atoms with E-state index < -0.39 is 6.17 Å². The molecule has 7 rings (SSSR count). The van der Waals surface area contributed by atoms with Crippen LogP contribution in [0.5, 0.6) is 0 Å². The van der Waals surface area contributed by atoms with Gasteiger partial charge < -0.3 is 19.4 Å². The topological polar surface area (TPSA) is 92.9 Å². The number of carbonyl (C=O) groups is 1. The van der Waals surface area contributed by atoms with Gasteiger partial charge in [-0.1, -0.05) is 59.7 Å². The summed E-state index contributed by atoms with van der Waals surface area (Å²) >= 11 is 1.82. The fraction of sp³-hybridized carbons (Fsp3) is 0.310. The van der Waals surface area contributed by atoms with Gasteiger partial charge in [0.15, 0.2) is 11.9 Å². The highest BCUT2D eigenvalue weighted by Gasteiger charge is 2.31. The molecule has 4 aromatic rings. The van der Waals surface area contributed by atoms with Crippen molar-refractivity contribution in [2.45, 2.75) is 31.3 Å². The van der Waals surface area contributed by atoms with E-state index in [4.69, 9.17) is 14.1 Å². The number of carbonyl (C=O) groups excluding carboxylic acids is 1. The van der Waals surface area contributed by atoms with E-state index in [-0.39, 0.29) is 18.2 Å². The monoisotopic (exact) mass is 525 g/mol. The van der Waals surface area contributed by atoms with Crippen LogP contribution in [0, 0.1) is 0 Å². The largest absolute Gasteiger partial charge is 0.403 e. The van der Waals surface area contributed by atoms with Gasteiger partial charge in [-0.3, -0.25) is 9.79 Å². The van der Waals surface area contributed by atoms with Crippen molar-refractivity contribution in [2.75, 3.05) is 36.5 Å². The number of nitrogens with zero attached hydrogens (tertiary/aromatic N) is 4. The van der Waals surface area contributed by atoms with Gasteiger partial charge >= 0.3 is 6.01 Å². The summed E-state index contributed by atoms with van der Waals surface area (Å²) in [6, 6.07) is 20.3. The summed E-state index contributed by atoms with van der Waals surface area (Å²) in [6.07, 6.45) is 1.89. The molecule has 2 aromatic carbocycles. The van der Waals surface area contributed by atoms with Gasteiger partial charge in [0.1, 0.15) is 5.00 Å². The summed E-state index contributed by atoms with van der Waals surface area (Å²) in [7, 11) is 0. The van der Waals surface area contributed by atoms with Crippen LogP contribution in [0.4, 0.5) is 11.0 Å². The maximum atomic E-state index is 13.3. The van der Waals surface area contributed by atoms with Crippen LogP contribution in [-0.2, 0) is 16.0 Å². The number of nitrogens with one attached hydrogen (secondary N) is 1. The van der Waals surface area contributed by atoms with E-state index >= 15 is 0 Å². The van der Waals surface area contributed by atoms with Gasteiger partial charge in [0.2, 0.25) is 0 Å². The average molecular weight is 526 g/mol. The summed E-state index contributed by atoms with van der Waals surface area (Å²) in [6.45, 7) is 3.09. The molecule has 1 N–H and O–H groups in total. The average Bonchev–Trinajstić information content (AvgIpc) is 3.58. The zero-order valence-electron chi connectivity index (χ0n) is 20.8. The maximum absolute atomic E-state index is 13.3. The molecule has 3 aliphatic rings. The number of rotatable bonds is 6. The molecule has 0 unspecified atom stereocenters. The van der Waals surface area contributed by atoms with Gasteiger partial charge in [0.05, 0.1) is 24.5 Å². The molecule has 9 heteroatoms. The van der Waals surface area contributed by atoms with Crippen LogP contribution in [0.1, 0.15) is 40.3 Å². The van der Waals surface area contributed by atoms with Crippen molar-refractivity contribution >= 4 is 33.8 Å². The van der Waals surface area contributed by atoms with Gasteiger partial charge in [0, 0.05) is 35.5 Å². The lowest BCUT2D eigenvalue weighted by Crippen LogP contribution is -2.35. The third-order valence-electron chi connectivity index (χ3n) is 7.17. The molecule has 2 aliphatic heterocycles. The molecule has 1 atom stereocenters. The second-order valence-electron chi connectivity index (χ2n) is 9.84. The Hall–Kier alpha value is -3.82. The minimum absolute atomic E-state index is 0.0521. The number of thiophene rings is 1. The van der Waals surface area contributed by atoms with Gasteiger partial charge in [0.25, 0.3) is 5.89 Å². The lowest BCUT2D eigenvalue weighted by atomic mass is 9.96. The third-order valence-corrected chi connectivity index (χ3v) is 8.53. The molecule has 2 fully saturated rings. The summed E-state index contributed by atoms with van der Waals surface area (Å²) in [4.78, 5) is 21.9. The molecule has 8 nitrogen and oxygen atoms in total. The van der Waals surface area contributed by atoms with E-state index in [9.17, 15) is 4.79 Å². The Balaban J connectivity index is 1.21. The molecule has 0 amide bonds. The summed E-state index contributed by atoms with van der Waals surface area (Å²) < 4.78 is 11.7. The fourth-order valence-corrected chi connectivity index (χ4v) is 6.40. The standard InChI is InChI=1S/C29H27N5O3S/c35-23-16-20-8-4-5-9-21(20)25(19-6-2-1-3-7-19)30-26(23)31-29-33-32-27(37-29)22-17-24(18-10-11-18)38-28(22)34-12-14-36-15-13-34/h1-9,17-18,26H,10-16H2,(H,31,33)/t26-/m1/s1. The minimum Gasteiger partial charge on any atom is -0.403 e. The van der Waals surface area contributed by atoms with E-state index in [1.165, 1.54) is 17.7 Å². The molecule has 1 aliphatic carbocycles. The van der Waals surface area contributed by atoms with E-state index in [1.54, 1.807) is 0 Å². The Labute approximate surface area is 224 Å². The van der Waals surface area contributed by atoms with E-state index in [1.807, 2.05) is 65.9 Å². The number of aromatic nitrogens is 2. The molecule has 1 saturated carbocycles. The van der Waals surface area contributed by atoms with Gasteiger partial charge in [-0.2, -0.15) is 0 Å². The molecule has 1 saturated heterocycles. The number of Topliss-reactive ketones (excluding diaryl/α,β-unsaturated/α-hetero) is 1. The minimum atomic E-state index is -0.839. The Morgan fingerprint density at radius 2 is 1.74 bits per heavy atom. The zero-order chi connectivity index (χ0) is 25.5. The van der Waals surface area contributed by atoms with Gasteiger partial charge in [-0.25, -0.2) is 0 Å². The lowest BCUT2D eigenvalue weighted by molar-refractivity contribution is -0.119. The van der Waals surface area contributed by atoms with Crippen LogP contribution < -0.4 is 10.2 Å². The Morgan fingerprint density at radius 1 is 0.947 bits per heavy atom. The number of benzene rings is 2. The number of ketones is 1. The van der Waals surface area contributed by atoms with E-state index in [0.717, 1.165) is 46.1 Å². The highest BCUT2D eigenvalue weighted by molar-refractivity contribution is 7.16. The second kappa shape index (κ2) is 9.81. The first-order valence-electron chi connectivity index (χ1n) is 13.0. The molecular formula is C29H27N5O3S. The van der Waals surface area contributed by atoms with E-state index in [0.29, 0.717) is 25.0 Å². The highest BCUT2D eigenvalue weighted by Crippen LogP contribution is 2.49. The van der Waals surface area contributed by atoms with E-state index in [2.05, 4.69) is 26.5 Å². The normalized spacial score (nSPS) is 19.6. The molecule has 2 aromatic heterocycles. The molecule has 0 radical (unpaired) electrons. The first-order chi connectivity index (χ1) is 18.7. The van der Waals surface area contributed by atoms with Crippen LogP contribution in [-0.4, -0.2) is 54.2 Å². The van der Waals surface area contributed by atoms with Crippen LogP contribution in [0.25, 0.3) is 11.5 Å². The Kier molecular flexibility index (Phi) is 6.02. The number of fused-ring (bicyclic) bond motifs is 1. The Bertz CT molecular complexity index is 1500. The van der Waals surface area contributed by atoms with Crippen molar-refractivity contribution in [2.24, 2.45) is 4.99 Å². The molecule has 192 valence electrons. The van der Waals surface area contributed by atoms with Crippen molar-refractivity contribution < 1.29 is 13.9 Å². The van der Waals surface area contributed by atoms with Crippen molar-refractivity contribution in [1.29, 1.82) is 0 Å². The maximum Gasteiger partial charge on any atom is 0.317 e. The lowest BCUT2D eigenvalue weighted by Gasteiger charge is -2.28. The van der Waals surface area contributed by atoms with Gasteiger partial charge in [-0.15, -0.1) is 16.4 Å². The van der Waals surface area contributed by atoms with Crippen LogP contribution in [0.3, 0.4) is 0 Å². The smallest absolute Gasteiger partial charge is 0.317 e. The van der Waals surface area contributed by atoms with Crippen molar-refractivity contribution in [3.8, 4) is 11.5 Å². The van der Waals surface area contributed by atoms with Crippen molar-refractivity contribution in [3.63, 3.8) is 0 Å². The second-order valence-corrected chi connectivity index (χ2v) is 10.9. The van der Waals surface area contributed by atoms with Crippen molar-refractivity contribution in [1.82, 2.24) is 10.2 Å². The van der Waals surface area contributed by atoms with Crippen LogP contribution >= 0.6 is 11.3 Å². The first-order valence-corrected chi connectivity index (χ1v) is 13.9. The van der Waals surface area contributed by atoms with Crippen LogP contribution in [0.2, 0.25) is 0 Å². The zero-order valence-corrected chi connectivity index (χ0v) is 21.6. The number of anilines is 2. The number of hydrogen-bond donors (Lipinski definition) is 1. The predicted molar refractivity (Wildman–Crippen MR) is 147 cm³/mol. The Morgan fingerprint density at radius 3 is 2.55 bits per heavy atom. The molecule has 38 heavy (non-hydrogen) atoms. The fourth-order valence-electron chi connectivity index (χ4n) is 5.03. The number of morpholine rings is 1. The molecule has 0 spiro atoms. The predicted octanol–water partition coefficient (Wildman–Crippen LogP) is 4.91. The SMILES string of the molecule is O=C1Cc2ccccc2C(c2ccccc2)=N[C@@H]1Nc1nnc(-c2cc(C3CC3)sc2N2CCOCC2)o1. The quantitative estimate of drug-likeness (QED) is 0.382. The highest BCUT2D eigenvalue weighted by atomic mass is 32.1. The third kappa shape index (κ3) is 4.52. The first kappa shape index (κ1) is 23.3. The molecular weight excluding hydrogens is 498 g/mol. The molecule has 0 bridgehead atoms. The van der Waals surface area contributed by atoms with Crippen LogP contribution in [0.15, 0.2) is 70.1 Å². The number of ether oxygens (including phenoxy) is 1. The summed E-state index contributed by atoms with van der Waals surface area (Å²) in [5.41, 5.74) is 4.59. The van der Waals surface area contributed by atoms with Gasteiger partial charge in [-0.05, 0) is 30.4 Å². The summed E-state index contributed by atoms with van der Waals surface area (Å²) in [5, 5.41) is 12.9. The molecule has 4 heterocycles. The number of hydrogen-bond acceptors (Lipinski definition) is 9.